The molecule has 0 radical (unpaired) electrons. The maximum Gasteiger partial charge on any atom is 0.343 e. The van der Waals surface area contributed by atoms with Crippen LogP contribution in [-0.4, -0.2) is 30.9 Å². The lowest BCUT2D eigenvalue weighted by atomic mass is 9.87. The third-order valence-electron chi connectivity index (χ3n) is 8.55. The molecule has 0 unspecified atom stereocenters. The van der Waals surface area contributed by atoms with Gasteiger partial charge in [0.15, 0.2) is 5.78 Å². The van der Waals surface area contributed by atoms with E-state index < -0.39 is 11.9 Å². The van der Waals surface area contributed by atoms with Crippen LogP contribution in [0, 0.1) is 0 Å². The van der Waals surface area contributed by atoms with E-state index in [1.807, 2.05) is 36.4 Å². The smallest absolute Gasteiger partial charge is 0.343 e. The number of ether oxygens (including phenoxy) is 4. The zero-order chi connectivity index (χ0) is 35.8. The number of rotatable bonds is 16. The molecule has 0 saturated heterocycles. The van der Waals surface area contributed by atoms with Gasteiger partial charge in [-0.3, -0.25) is 4.79 Å². The molecule has 7 nitrogen and oxygen atoms in total. The fourth-order valence-corrected chi connectivity index (χ4v) is 5.64. The van der Waals surface area contributed by atoms with Crippen molar-refractivity contribution in [2.24, 2.45) is 0 Å². The Labute approximate surface area is 300 Å². The number of Topliss-reactive ketones (excluding diaryl/α,β-unsaturated/α-hetero) is 1. The molecule has 1 saturated carbocycles. The first-order valence-electron chi connectivity index (χ1n) is 18.0. The van der Waals surface area contributed by atoms with Gasteiger partial charge in [-0.15, -0.1) is 0 Å². The van der Waals surface area contributed by atoms with Crippen LogP contribution < -0.4 is 18.9 Å². The monoisotopic (exact) mass is 686 g/mol. The molecule has 0 heterocycles. The van der Waals surface area contributed by atoms with Crippen molar-refractivity contribution in [1.82, 2.24) is 0 Å². The Bertz CT molecular complexity index is 1670. The largest absolute Gasteiger partial charge is 0.494 e. The van der Waals surface area contributed by atoms with Gasteiger partial charge in [0.2, 0.25) is 0 Å². The molecule has 0 amide bonds. The van der Waals surface area contributed by atoms with Crippen LogP contribution in [0.4, 0.5) is 0 Å². The van der Waals surface area contributed by atoms with Crippen LogP contribution >= 0.6 is 0 Å². The molecule has 0 N–H and O–H groups in total. The molecular weight excluding hydrogens is 640 g/mol. The van der Waals surface area contributed by atoms with Crippen molar-refractivity contribution in [3.63, 3.8) is 0 Å². The van der Waals surface area contributed by atoms with E-state index in [1.54, 1.807) is 72.8 Å². The SMILES string of the molecule is CCCCCOc1ccc(C(=O)Oc2ccc(/C=C3\CCC/C(=C\c4ccc(OC(=O)c5ccc(OCCCCC)cc5)cc4)C3=O)cc2)cc1. The van der Waals surface area contributed by atoms with Crippen LogP contribution in [0.3, 0.4) is 0 Å². The summed E-state index contributed by atoms with van der Waals surface area (Å²) < 4.78 is 22.6. The number of esters is 2. The molecule has 0 aromatic heterocycles. The van der Waals surface area contributed by atoms with Crippen molar-refractivity contribution in [1.29, 1.82) is 0 Å². The quantitative estimate of drug-likeness (QED) is 0.0502. The third-order valence-corrected chi connectivity index (χ3v) is 8.55. The van der Waals surface area contributed by atoms with E-state index in [4.69, 9.17) is 18.9 Å². The topological polar surface area (TPSA) is 88.1 Å². The normalized spacial score (nSPS) is 14.4. The second-order valence-corrected chi connectivity index (χ2v) is 12.6. The van der Waals surface area contributed by atoms with Crippen LogP contribution in [0.5, 0.6) is 23.0 Å². The number of carbonyl (C=O) groups excluding carboxylic acids is 3. The van der Waals surface area contributed by atoms with Crippen molar-refractivity contribution in [3.05, 3.63) is 130 Å². The Kier molecular flexibility index (Phi) is 13.8. The summed E-state index contributed by atoms with van der Waals surface area (Å²) in [5.41, 5.74) is 4.05. The highest BCUT2D eigenvalue weighted by molar-refractivity contribution is 6.14. The molecule has 51 heavy (non-hydrogen) atoms. The Morgan fingerprint density at radius 2 is 0.902 bits per heavy atom. The lowest BCUT2D eigenvalue weighted by Gasteiger charge is -2.17. The highest BCUT2D eigenvalue weighted by Gasteiger charge is 2.21. The van der Waals surface area contributed by atoms with Gasteiger partial charge in [-0.2, -0.15) is 0 Å². The molecule has 0 bridgehead atoms. The summed E-state index contributed by atoms with van der Waals surface area (Å²) in [6.07, 6.45) is 12.6. The van der Waals surface area contributed by atoms with Crippen LogP contribution in [0.25, 0.3) is 12.2 Å². The zero-order valence-corrected chi connectivity index (χ0v) is 29.5. The minimum Gasteiger partial charge on any atom is -0.494 e. The summed E-state index contributed by atoms with van der Waals surface area (Å²) in [5.74, 6) is 1.43. The molecule has 4 aromatic carbocycles. The first-order valence-corrected chi connectivity index (χ1v) is 18.0. The number of carbonyl (C=O) groups is 3. The molecule has 5 rings (SSSR count). The van der Waals surface area contributed by atoms with Gasteiger partial charge in [0.05, 0.1) is 24.3 Å². The second kappa shape index (κ2) is 19.1. The average molecular weight is 687 g/mol. The second-order valence-electron chi connectivity index (χ2n) is 12.6. The highest BCUT2D eigenvalue weighted by atomic mass is 16.5. The molecule has 0 spiro atoms. The molecule has 1 aliphatic carbocycles. The van der Waals surface area contributed by atoms with E-state index >= 15 is 0 Å². The van der Waals surface area contributed by atoms with E-state index in [9.17, 15) is 14.4 Å². The third kappa shape index (κ3) is 11.3. The van der Waals surface area contributed by atoms with Gasteiger partial charge in [-0.05, 0) is 128 Å². The molecule has 7 heteroatoms. The number of ketones is 1. The molecule has 0 atom stereocenters. The van der Waals surface area contributed by atoms with E-state index in [-0.39, 0.29) is 5.78 Å². The van der Waals surface area contributed by atoms with Gasteiger partial charge in [-0.1, -0.05) is 63.8 Å². The standard InChI is InChI=1S/C44H46O7/c1-3-5-7-28-48-38-24-16-34(17-25-38)43(46)50-40-20-12-32(13-21-40)30-36-10-9-11-37(42(36)45)31-33-14-22-41(23-15-33)51-44(47)35-18-26-39(27-19-35)49-29-8-6-4-2/h12-27,30-31H,3-11,28-29H2,1-2H3/b36-30+,37-31+. The lowest BCUT2D eigenvalue weighted by Crippen LogP contribution is -2.12. The van der Waals surface area contributed by atoms with Gasteiger partial charge in [0, 0.05) is 11.1 Å². The van der Waals surface area contributed by atoms with E-state index in [1.165, 1.54) is 0 Å². The Morgan fingerprint density at radius 1 is 0.529 bits per heavy atom. The first-order chi connectivity index (χ1) is 24.9. The molecule has 1 aliphatic rings. The Morgan fingerprint density at radius 3 is 1.27 bits per heavy atom. The molecule has 264 valence electrons. The van der Waals surface area contributed by atoms with Crippen molar-refractivity contribution < 1.29 is 33.3 Å². The van der Waals surface area contributed by atoms with Crippen LogP contribution in [0.15, 0.2) is 108 Å². The average Bonchev–Trinajstić information content (AvgIpc) is 3.15. The summed E-state index contributed by atoms with van der Waals surface area (Å²) >= 11 is 0. The van der Waals surface area contributed by atoms with E-state index in [0.29, 0.717) is 48.7 Å². The number of hydrogen-bond acceptors (Lipinski definition) is 7. The Balaban J connectivity index is 1.13. The van der Waals surface area contributed by atoms with Gasteiger partial charge in [0.1, 0.15) is 23.0 Å². The van der Waals surface area contributed by atoms with Gasteiger partial charge in [0.25, 0.3) is 0 Å². The summed E-state index contributed by atoms with van der Waals surface area (Å²) in [6, 6.07) is 28.2. The molecule has 1 fully saturated rings. The first kappa shape index (κ1) is 36.8. The van der Waals surface area contributed by atoms with E-state index in [2.05, 4.69) is 13.8 Å². The molecule has 4 aromatic rings. The summed E-state index contributed by atoms with van der Waals surface area (Å²) in [7, 11) is 0. The highest BCUT2D eigenvalue weighted by Crippen LogP contribution is 2.29. The van der Waals surface area contributed by atoms with Gasteiger partial charge in [-0.25, -0.2) is 9.59 Å². The summed E-state index contributed by atoms with van der Waals surface area (Å²) in [4.78, 5) is 38.8. The molecular formula is C44H46O7. The predicted molar refractivity (Wildman–Crippen MR) is 201 cm³/mol. The van der Waals surface area contributed by atoms with E-state index in [0.717, 1.165) is 78.7 Å². The molecule has 0 aliphatic heterocycles. The Hall–Kier alpha value is -5.43. The number of unbranched alkanes of at least 4 members (excludes halogenated alkanes) is 4. The maximum atomic E-state index is 13.4. The summed E-state index contributed by atoms with van der Waals surface area (Å²) in [5, 5.41) is 0. The van der Waals surface area contributed by atoms with Crippen molar-refractivity contribution in [3.8, 4) is 23.0 Å². The van der Waals surface area contributed by atoms with Gasteiger partial charge < -0.3 is 18.9 Å². The fraction of sp³-hybridized carbons (Fsp3) is 0.295. The summed E-state index contributed by atoms with van der Waals surface area (Å²) in [6.45, 7) is 5.61. The number of allylic oxidation sites excluding steroid dienone is 2. The lowest BCUT2D eigenvalue weighted by molar-refractivity contribution is -0.112. The maximum absolute atomic E-state index is 13.4. The van der Waals surface area contributed by atoms with Crippen molar-refractivity contribution in [2.75, 3.05) is 13.2 Å². The minimum atomic E-state index is -0.448. The minimum absolute atomic E-state index is 0.0165. The zero-order valence-electron chi connectivity index (χ0n) is 29.5. The predicted octanol–water partition coefficient (Wildman–Crippen LogP) is 10.5. The number of benzene rings is 4. The fourth-order valence-electron chi connectivity index (χ4n) is 5.64. The van der Waals surface area contributed by atoms with Crippen molar-refractivity contribution in [2.45, 2.75) is 71.6 Å². The van der Waals surface area contributed by atoms with Gasteiger partial charge >= 0.3 is 11.9 Å². The van der Waals surface area contributed by atoms with Crippen LogP contribution in [0.1, 0.15) is 103 Å². The van der Waals surface area contributed by atoms with Crippen molar-refractivity contribution >= 4 is 29.9 Å². The van der Waals surface area contributed by atoms with Crippen LogP contribution in [-0.2, 0) is 4.79 Å². The van der Waals surface area contributed by atoms with Crippen LogP contribution in [0.2, 0.25) is 0 Å². The number of hydrogen-bond donors (Lipinski definition) is 0.